The van der Waals surface area contributed by atoms with Crippen LogP contribution in [0, 0.1) is 0 Å². The molecule has 0 saturated carbocycles. The van der Waals surface area contributed by atoms with Crippen molar-refractivity contribution in [3.63, 3.8) is 0 Å². The van der Waals surface area contributed by atoms with Crippen LogP contribution < -0.4 is 20.7 Å². The highest BCUT2D eigenvalue weighted by Crippen LogP contribution is 2.27. The van der Waals surface area contributed by atoms with Crippen LogP contribution in [0.5, 0.6) is 11.5 Å². The largest absolute Gasteiger partial charge is 0.456 e. The van der Waals surface area contributed by atoms with Crippen LogP contribution >= 0.6 is 0 Å². The molecule has 0 aliphatic rings. The molecule has 0 bridgehead atoms. The van der Waals surface area contributed by atoms with Gasteiger partial charge in [0.2, 0.25) is 0 Å². The van der Waals surface area contributed by atoms with Gasteiger partial charge in [0, 0.05) is 35.5 Å². The van der Waals surface area contributed by atoms with E-state index in [9.17, 15) is 9.59 Å². The van der Waals surface area contributed by atoms with E-state index in [2.05, 4.69) is 60.5 Å². The predicted molar refractivity (Wildman–Crippen MR) is 170 cm³/mol. The van der Waals surface area contributed by atoms with E-state index in [1.54, 1.807) is 59.5 Å². The Morgan fingerprint density at radius 2 is 1.65 bits per heavy atom. The fourth-order valence-corrected chi connectivity index (χ4v) is 4.36. The first-order valence-electron chi connectivity index (χ1n) is 14.6. The molecule has 0 unspecified atom stereocenters. The third-order valence-corrected chi connectivity index (χ3v) is 6.91. The Kier molecular flexibility index (Phi) is 10.5. The average Bonchev–Trinajstić information content (AvgIpc) is 3.43. The quantitative estimate of drug-likeness (QED) is 0.165. The number of ether oxygens (including phenoxy) is 1. The number of aromatic nitrogens is 3. The molecule has 2 heterocycles. The van der Waals surface area contributed by atoms with Gasteiger partial charge in [0.1, 0.15) is 17.3 Å². The molecule has 3 N–H and O–H groups in total. The molecule has 2 aromatic heterocycles. The summed E-state index contributed by atoms with van der Waals surface area (Å²) in [6, 6.07) is 19.3. The number of anilines is 2. The van der Waals surface area contributed by atoms with E-state index in [1.807, 2.05) is 24.3 Å². The van der Waals surface area contributed by atoms with Crippen molar-refractivity contribution in [3.05, 3.63) is 90.4 Å². The number of pyridine rings is 1. The number of rotatable bonds is 12. The minimum Gasteiger partial charge on any atom is -0.456 e. The topological polar surface area (TPSA) is 113 Å². The zero-order valence-corrected chi connectivity index (χ0v) is 25.6. The van der Waals surface area contributed by atoms with Crippen molar-refractivity contribution in [2.45, 2.75) is 46.5 Å². The number of carbonyl (C=O) groups is 2. The van der Waals surface area contributed by atoms with Gasteiger partial charge in [0.05, 0.1) is 17.6 Å². The third-order valence-electron chi connectivity index (χ3n) is 6.91. The third kappa shape index (κ3) is 8.89. The first-order valence-corrected chi connectivity index (χ1v) is 14.6. The Hall–Kier alpha value is -4.70. The lowest BCUT2D eigenvalue weighted by Gasteiger charge is -2.17. The normalized spacial score (nSPS) is 11.3. The van der Waals surface area contributed by atoms with Gasteiger partial charge >= 0.3 is 6.03 Å². The minimum absolute atomic E-state index is 0.114. The maximum Gasteiger partial charge on any atom is 0.324 e. The van der Waals surface area contributed by atoms with Crippen molar-refractivity contribution in [3.8, 4) is 17.2 Å². The van der Waals surface area contributed by atoms with Gasteiger partial charge in [-0.15, -0.1) is 0 Å². The van der Waals surface area contributed by atoms with Crippen molar-refractivity contribution in [1.82, 2.24) is 25.0 Å². The Morgan fingerprint density at radius 1 is 0.930 bits per heavy atom. The second kappa shape index (κ2) is 14.5. The van der Waals surface area contributed by atoms with Crippen LogP contribution in [0.2, 0.25) is 0 Å². The molecule has 0 saturated heterocycles. The van der Waals surface area contributed by atoms with Gasteiger partial charge in [0.15, 0.2) is 0 Å². The van der Waals surface area contributed by atoms with Crippen LogP contribution in [0.3, 0.4) is 0 Å². The number of urea groups is 1. The lowest BCUT2D eigenvalue weighted by atomic mass is 9.92. The maximum absolute atomic E-state index is 13.0. The number of hydrogen-bond acceptors (Lipinski definition) is 6. The SMILES string of the molecule is CCN(CC)CCCNC(=O)c1ccc(-n2nc(C(C)(C)C)cc2NC(=O)Nc2ccc(Oc3cccnc3)cc2)cc1. The second-order valence-electron chi connectivity index (χ2n) is 11.2. The van der Waals surface area contributed by atoms with E-state index in [1.165, 1.54) is 0 Å². The Balaban J connectivity index is 1.41. The molecule has 0 spiro atoms. The summed E-state index contributed by atoms with van der Waals surface area (Å²) in [4.78, 5) is 32.1. The first kappa shape index (κ1) is 31.2. The van der Waals surface area contributed by atoms with Gasteiger partial charge in [-0.1, -0.05) is 34.6 Å². The lowest BCUT2D eigenvalue weighted by molar-refractivity contribution is 0.0952. The van der Waals surface area contributed by atoms with Crippen LogP contribution in [-0.2, 0) is 5.41 Å². The summed E-state index contributed by atoms with van der Waals surface area (Å²) in [5, 5.41) is 13.6. The van der Waals surface area contributed by atoms with Crippen LogP contribution in [0.25, 0.3) is 5.69 Å². The van der Waals surface area contributed by atoms with E-state index >= 15 is 0 Å². The Bertz CT molecular complexity index is 1470. The van der Waals surface area contributed by atoms with Gasteiger partial charge in [-0.2, -0.15) is 5.10 Å². The smallest absolute Gasteiger partial charge is 0.324 e. The fraction of sp³-hybridized carbons (Fsp3) is 0.333. The molecule has 0 atom stereocenters. The number of hydrogen-bond donors (Lipinski definition) is 3. The molecular weight excluding hydrogens is 542 g/mol. The molecule has 0 fully saturated rings. The summed E-state index contributed by atoms with van der Waals surface area (Å²) >= 11 is 0. The minimum atomic E-state index is -0.414. The maximum atomic E-state index is 13.0. The van der Waals surface area contributed by atoms with Crippen molar-refractivity contribution in [1.29, 1.82) is 0 Å². The Labute approximate surface area is 253 Å². The van der Waals surface area contributed by atoms with E-state index < -0.39 is 6.03 Å². The average molecular weight is 584 g/mol. The molecule has 2 aromatic carbocycles. The fourth-order valence-electron chi connectivity index (χ4n) is 4.36. The van der Waals surface area contributed by atoms with Gasteiger partial charge in [0.25, 0.3) is 5.91 Å². The van der Waals surface area contributed by atoms with Crippen molar-refractivity contribution >= 4 is 23.4 Å². The number of nitrogens with zero attached hydrogens (tertiary/aromatic N) is 4. The van der Waals surface area contributed by atoms with Crippen LogP contribution in [0.15, 0.2) is 79.1 Å². The number of amides is 3. The highest BCUT2D eigenvalue weighted by Gasteiger charge is 2.22. The van der Waals surface area contributed by atoms with Gasteiger partial charge in [-0.25, -0.2) is 9.48 Å². The highest BCUT2D eigenvalue weighted by molar-refractivity contribution is 5.99. The molecule has 10 heteroatoms. The monoisotopic (exact) mass is 583 g/mol. The summed E-state index contributed by atoms with van der Waals surface area (Å²) in [5.74, 6) is 1.65. The molecule has 0 aliphatic carbocycles. The van der Waals surface area contributed by atoms with Gasteiger partial charge in [-0.05, 0) is 86.7 Å². The molecule has 3 amide bonds. The Morgan fingerprint density at radius 3 is 2.28 bits per heavy atom. The van der Waals surface area contributed by atoms with Crippen molar-refractivity contribution in [2.75, 3.05) is 36.8 Å². The molecule has 0 aliphatic heterocycles. The number of carbonyl (C=O) groups excluding carboxylic acids is 2. The molecule has 43 heavy (non-hydrogen) atoms. The van der Waals surface area contributed by atoms with Crippen LogP contribution in [0.4, 0.5) is 16.3 Å². The number of benzene rings is 2. The van der Waals surface area contributed by atoms with E-state index in [4.69, 9.17) is 9.84 Å². The summed E-state index contributed by atoms with van der Waals surface area (Å²) in [7, 11) is 0. The molecule has 226 valence electrons. The molecule has 0 radical (unpaired) electrons. The predicted octanol–water partition coefficient (Wildman–Crippen LogP) is 6.46. The molecular formula is C33H41N7O3. The molecule has 4 rings (SSSR count). The summed E-state index contributed by atoms with van der Waals surface area (Å²) in [5.41, 5.74) is 2.46. The zero-order valence-electron chi connectivity index (χ0n) is 25.6. The zero-order chi connectivity index (χ0) is 30.8. The second-order valence-corrected chi connectivity index (χ2v) is 11.2. The van der Waals surface area contributed by atoms with Gasteiger partial charge in [-0.3, -0.25) is 15.1 Å². The van der Waals surface area contributed by atoms with E-state index in [0.717, 1.165) is 37.4 Å². The molecule has 10 nitrogen and oxygen atoms in total. The van der Waals surface area contributed by atoms with Crippen LogP contribution in [-0.4, -0.2) is 57.8 Å². The van der Waals surface area contributed by atoms with Gasteiger partial charge < -0.3 is 20.3 Å². The van der Waals surface area contributed by atoms with E-state index in [0.29, 0.717) is 35.1 Å². The lowest BCUT2D eigenvalue weighted by Crippen LogP contribution is -2.29. The molecule has 4 aromatic rings. The first-order chi connectivity index (χ1) is 20.7. The van der Waals surface area contributed by atoms with Crippen molar-refractivity contribution < 1.29 is 14.3 Å². The van der Waals surface area contributed by atoms with Crippen molar-refractivity contribution in [2.24, 2.45) is 0 Å². The summed E-state index contributed by atoms with van der Waals surface area (Å²) in [6.07, 6.45) is 4.21. The summed E-state index contributed by atoms with van der Waals surface area (Å²) in [6.45, 7) is 14.0. The summed E-state index contributed by atoms with van der Waals surface area (Å²) < 4.78 is 7.45. The highest BCUT2D eigenvalue weighted by atomic mass is 16.5. The van der Waals surface area contributed by atoms with Crippen LogP contribution in [0.1, 0.15) is 57.1 Å². The number of nitrogens with one attached hydrogen (secondary N) is 3. The standard InChI is InChI=1S/C33H41N7O3/c1-6-39(7-2)21-9-20-35-31(41)24-11-15-26(16-12-24)40-30(22-29(38-40)33(3,4)5)37-32(42)36-25-13-17-27(18-14-25)43-28-10-8-19-34-23-28/h8,10-19,22-23H,6-7,9,20-21H2,1-5H3,(H,35,41)(H2,36,37,42). The van der Waals surface area contributed by atoms with E-state index in [-0.39, 0.29) is 11.3 Å².